The molecule has 0 aromatic rings. The van der Waals surface area contributed by atoms with Crippen LogP contribution in [0.3, 0.4) is 0 Å². The highest BCUT2D eigenvalue weighted by atomic mass is 16.6. The van der Waals surface area contributed by atoms with E-state index in [-0.39, 0.29) is 12.1 Å². The van der Waals surface area contributed by atoms with Crippen LogP contribution in [-0.4, -0.2) is 23.8 Å². The number of hydrogen-bond donors (Lipinski definition) is 1. The summed E-state index contributed by atoms with van der Waals surface area (Å²) in [7, 11) is 0. The second-order valence-corrected chi connectivity index (χ2v) is 6.94. The lowest BCUT2D eigenvalue weighted by Crippen LogP contribution is -2.45. The number of nitrogens with one attached hydrogen (secondary N) is 1. The Hall–Kier alpha value is -1.42. The van der Waals surface area contributed by atoms with Crippen molar-refractivity contribution in [2.24, 2.45) is 11.0 Å². The maximum Gasteiger partial charge on any atom is 0.407 e. The minimum absolute atomic E-state index is 0.168. The van der Waals surface area contributed by atoms with Crippen LogP contribution in [0.25, 0.3) is 10.4 Å². The lowest BCUT2D eigenvalue weighted by molar-refractivity contribution is 0.0488. The predicted molar refractivity (Wildman–Crippen MR) is 83.0 cm³/mol. The lowest BCUT2D eigenvalue weighted by Gasteiger charge is -2.30. The largest absolute Gasteiger partial charge is 0.444 e. The van der Waals surface area contributed by atoms with Crippen molar-refractivity contribution in [1.82, 2.24) is 5.32 Å². The maximum atomic E-state index is 12.0. The zero-order valence-corrected chi connectivity index (χ0v) is 13.6. The molecule has 1 N–H and O–H groups in total. The van der Waals surface area contributed by atoms with E-state index < -0.39 is 11.7 Å². The van der Waals surface area contributed by atoms with Gasteiger partial charge in [-0.15, -0.1) is 0 Å². The number of carbonyl (C=O) groups is 1. The molecule has 0 aromatic carbocycles. The highest BCUT2D eigenvalue weighted by Gasteiger charge is 2.26. The third-order valence-electron chi connectivity index (χ3n) is 3.83. The van der Waals surface area contributed by atoms with Gasteiger partial charge in [0.25, 0.3) is 0 Å². The van der Waals surface area contributed by atoms with Crippen LogP contribution in [0.15, 0.2) is 5.11 Å². The number of nitrogens with zero attached hydrogens (tertiary/aromatic N) is 3. The molecule has 1 aliphatic rings. The average Bonchev–Trinajstić information content (AvgIpc) is 2.37. The number of amides is 1. The van der Waals surface area contributed by atoms with Crippen molar-refractivity contribution < 1.29 is 9.53 Å². The molecule has 0 bridgehead atoms. The van der Waals surface area contributed by atoms with Gasteiger partial charge < -0.3 is 10.1 Å². The van der Waals surface area contributed by atoms with Crippen molar-refractivity contribution in [3.05, 3.63) is 10.4 Å². The van der Waals surface area contributed by atoms with Gasteiger partial charge in [0.05, 0.1) is 6.04 Å². The lowest BCUT2D eigenvalue weighted by atomic mass is 9.83. The summed E-state index contributed by atoms with van der Waals surface area (Å²) < 4.78 is 5.30. The van der Waals surface area contributed by atoms with E-state index in [1.807, 2.05) is 27.7 Å². The minimum Gasteiger partial charge on any atom is -0.444 e. The van der Waals surface area contributed by atoms with E-state index in [9.17, 15) is 4.79 Å². The summed E-state index contributed by atoms with van der Waals surface area (Å²) in [4.78, 5) is 14.8. The Labute approximate surface area is 127 Å². The van der Waals surface area contributed by atoms with Crippen molar-refractivity contribution >= 4 is 6.09 Å². The Bertz CT molecular complexity index is 380. The quantitative estimate of drug-likeness (QED) is 0.458. The molecule has 0 unspecified atom stereocenters. The molecule has 1 rings (SSSR count). The number of azide groups is 1. The van der Waals surface area contributed by atoms with Gasteiger partial charge in [0.15, 0.2) is 0 Å². The molecular weight excluding hydrogens is 268 g/mol. The summed E-state index contributed by atoms with van der Waals surface area (Å²) in [5.41, 5.74) is 8.10. The van der Waals surface area contributed by atoms with E-state index in [1.54, 1.807) is 0 Å². The Kier molecular flexibility index (Phi) is 6.82. The summed E-state index contributed by atoms with van der Waals surface area (Å²) in [6.07, 6.45) is 6.58. The van der Waals surface area contributed by atoms with E-state index in [1.165, 1.54) is 32.1 Å². The molecule has 21 heavy (non-hydrogen) atoms. The van der Waals surface area contributed by atoms with Gasteiger partial charge in [0, 0.05) is 11.0 Å². The first-order valence-corrected chi connectivity index (χ1v) is 7.85. The summed E-state index contributed by atoms with van der Waals surface area (Å²) in [5, 5.41) is 6.63. The summed E-state index contributed by atoms with van der Waals surface area (Å²) in [6.45, 7) is 7.34. The van der Waals surface area contributed by atoms with Gasteiger partial charge >= 0.3 is 6.09 Å². The average molecular weight is 296 g/mol. The Morgan fingerprint density at radius 2 is 2.00 bits per heavy atom. The van der Waals surface area contributed by atoms with E-state index in [0.29, 0.717) is 5.92 Å². The predicted octanol–water partition coefficient (Wildman–Crippen LogP) is 4.55. The van der Waals surface area contributed by atoms with Crippen LogP contribution in [0.2, 0.25) is 0 Å². The number of hydrogen-bond acceptors (Lipinski definition) is 3. The van der Waals surface area contributed by atoms with Crippen molar-refractivity contribution in [3.8, 4) is 0 Å². The fourth-order valence-electron chi connectivity index (χ4n) is 2.78. The minimum atomic E-state index is -0.527. The molecule has 0 aliphatic heterocycles. The molecule has 1 fully saturated rings. The van der Waals surface area contributed by atoms with Gasteiger partial charge in [-0.25, -0.2) is 4.79 Å². The molecule has 1 amide bonds. The molecule has 0 heterocycles. The van der Waals surface area contributed by atoms with Crippen molar-refractivity contribution in [2.75, 3.05) is 0 Å². The molecule has 1 aliphatic carbocycles. The van der Waals surface area contributed by atoms with Crippen LogP contribution >= 0.6 is 0 Å². The first kappa shape index (κ1) is 17.6. The fraction of sp³-hybridized carbons (Fsp3) is 0.933. The summed E-state index contributed by atoms with van der Waals surface area (Å²) in [6, 6.07) is -0.441. The van der Waals surface area contributed by atoms with Crippen LogP contribution in [0.4, 0.5) is 4.79 Å². The van der Waals surface area contributed by atoms with Crippen LogP contribution in [0.5, 0.6) is 0 Å². The summed E-state index contributed by atoms with van der Waals surface area (Å²) >= 11 is 0. The van der Waals surface area contributed by atoms with Crippen LogP contribution in [0, 0.1) is 5.92 Å². The van der Waals surface area contributed by atoms with E-state index in [2.05, 4.69) is 15.3 Å². The molecule has 6 heteroatoms. The summed E-state index contributed by atoms with van der Waals surface area (Å²) in [5.74, 6) is 0.593. The fourth-order valence-corrected chi connectivity index (χ4v) is 2.78. The van der Waals surface area contributed by atoms with Crippen molar-refractivity contribution in [3.63, 3.8) is 0 Å². The molecule has 0 saturated heterocycles. The maximum absolute atomic E-state index is 12.0. The van der Waals surface area contributed by atoms with Crippen molar-refractivity contribution in [1.29, 1.82) is 0 Å². The second kappa shape index (κ2) is 8.13. The smallest absolute Gasteiger partial charge is 0.407 e. The number of carbonyl (C=O) groups excluding carboxylic acids is 1. The molecule has 1 saturated carbocycles. The van der Waals surface area contributed by atoms with Gasteiger partial charge in [-0.3, -0.25) is 0 Å². The van der Waals surface area contributed by atoms with E-state index in [0.717, 1.165) is 6.42 Å². The SMILES string of the molecule is C[C@H](N=[N+]=[N-])[C@H](CC1CCCCC1)NC(=O)OC(C)(C)C. The Balaban J connectivity index is 2.63. The standard InChI is InChI=1S/C15H28N4O2/c1-11(18-19-16)13(10-12-8-6-5-7-9-12)17-14(20)21-15(2,3)4/h11-13H,5-10H2,1-4H3,(H,17,20)/t11-,13-/m0/s1. The monoisotopic (exact) mass is 296 g/mol. The third-order valence-corrected chi connectivity index (χ3v) is 3.83. The molecular formula is C15H28N4O2. The van der Waals surface area contributed by atoms with Gasteiger partial charge in [-0.05, 0) is 38.6 Å². The Morgan fingerprint density at radius 3 is 2.52 bits per heavy atom. The number of ether oxygens (including phenoxy) is 1. The van der Waals surface area contributed by atoms with Gasteiger partial charge in [0.1, 0.15) is 5.60 Å². The van der Waals surface area contributed by atoms with Crippen molar-refractivity contribution in [2.45, 2.75) is 83.9 Å². The molecule has 6 nitrogen and oxygen atoms in total. The van der Waals surface area contributed by atoms with Crippen LogP contribution in [0.1, 0.15) is 66.2 Å². The molecule has 0 spiro atoms. The third kappa shape index (κ3) is 7.23. The zero-order valence-electron chi connectivity index (χ0n) is 13.6. The molecule has 0 aromatic heterocycles. The van der Waals surface area contributed by atoms with E-state index >= 15 is 0 Å². The number of rotatable bonds is 5. The highest BCUT2D eigenvalue weighted by molar-refractivity contribution is 5.68. The Morgan fingerprint density at radius 1 is 1.38 bits per heavy atom. The highest BCUT2D eigenvalue weighted by Crippen LogP contribution is 2.28. The van der Waals surface area contributed by atoms with Crippen LogP contribution < -0.4 is 5.32 Å². The first-order valence-electron chi connectivity index (χ1n) is 7.85. The van der Waals surface area contributed by atoms with Crippen LogP contribution in [-0.2, 0) is 4.74 Å². The topological polar surface area (TPSA) is 87.1 Å². The van der Waals surface area contributed by atoms with Gasteiger partial charge in [-0.1, -0.05) is 44.1 Å². The normalized spacial score (nSPS) is 19.2. The number of alkyl carbamates (subject to hydrolysis) is 1. The zero-order chi connectivity index (χ0) is 15.9. The second-order valence-electron chi connectivity index (χ2n) is 6.94. The van der Waals surface area contributed by atoms with E-state index in [4.69, 9.17) is 10.3 Å². The van der Waals surface area contributed by atoms with Gasteiger partial charge in [-0.2, -0.15) is 0 Å². The van der Waals surface area contributed by atoms with Gasteiger partial charge in [0.2, 0.25) is 0 Å². The molecule has 0 radical (unpaired) electrons. The molecule has 120 valence electrons. The molecule has 2 atom stereocenters. The first-order chi connectivity index (χ1) is 9.81.